The van der Waals surface area contributed by atoms with Gasteiger partial charge in [-0.25, -0.2) is 0 Å². The molecule has 0 bridgehead atoms. The lowest BCUT2D eigenvalue weighted by Gasteiger charge is -2.14. The number of amides is 3. The van der Waals surface area contributed by atoms with E-state index in [1.807, 2.05) is 36.4 Å². The first-order valence-corrected chi connectivity index (χ1v) is 10.9. The second-order valence-corrected chi connectivity index (χ2v) is 8.45. The van der Waals surface area contributed by atoms with Gasteiger partial charge in [-0.15, -0.1) is 10.2 Å². The van der Waals surface area contributed by atoms with E-state index in [0.717, 1.165) is 47.9 Å². The molecule has 8 heteroatoms. The molecule has 160 valence electrons. The Morgan fingerprint density at radius 3 is 2.39 bits per heavy atom. The molecule has 31 heavy (non-hydrogen) atoms. The summed E-state index contributed by atoms with van der Waals surface area (Å²) in [5, 5.41) is 11.5. The third kappa shape index (κ3) is 3.66. The number of nitrogens with zero attached hydrogens (tertiary/aromatic N) is 4. The lowest BCUT2D eigenvalue weighted by Crippen LogP contribution is -2.38. The minimum atomic E-state index is -0.377. The Bertz CT molecular complexity index is 1030. The summed E-state index contributed by atoms with van der Waals surface area (Å²) in [4.78, 5) is 38.7. The van der Waals surface area contributed by atoms with E-state index >= 15 is 0 Å². The quantitative estimate of drug-likeness (QED) is 0.607. The molecular formula is C23H25N5O3. The van der Waals surface area contributed by atoms with Crippen LogP contribution in [0.5, 0.6) is 0 Å². The molecule has 0 radical (unpaired) electrons. The van der Waals surface area contributed by atoms with Crippen LogP contribution in [0.4, 0.5) is 5.69 Å². The van der Waals surface area contributed by atoms with Crippen molar-refractivity contribution in [2.45, 2.75) is 45.1 Å². The van der Waals surface area contributed by atoms with Gasteiger partial charge in [0, 0.05) is 24.2 Å². The molecule has 0 saturated carbocycles. The number of hydrogen-bond acceptors (Lipinski definition) is 5. The largest absolute Gasteiger partial charge is 0.325 e. The van der Waals surface area contributed by atoms with Crippen LogP contribution in [0.1, 0.15) is 37.9 Å². The van der Waals surface area contributed by atoms with Crippen molar-refractivity contribution in [1.29, 1.82) is 0 Å². The lowest BCUT2D eigenvalue weighted by molar-refractivity contribution is -0.142. The number of hydrogen-bond donors (Lipinski definition) is 1. The summed E-state index contributed by atoms with van der Waals surface area (Å²) in [6, 6.07) is 7.43. The van der Waals surface area contributed by atoms with Gasteiger partial charge in [0.2, 0.25) is 17.7 Å². The normalized spacial score (nSPS) is 22.8. The molecule has 3 amide bonds. The topological polar surface area (TPSA) is 97.2 Å². The van der Waals surface area contributed by atoms with Crippen LogP contribution in [0.15, 0.2) is 36.4 Å². The molecule has 2 aromatic rings. The smallest absolute Gasteiger partial charge is 0.244 e. The molecule has 0 unspecified atom stereocenters. The van der Waals surface area contributed by atoms with Gasteiger partial charge in [-0.05, 0) is 49.9 Å². The maximum absolute atomic E-state index is 12.5. The van der Waals surface area contributed by atoms with Crippen molar-refractivity contribution >= 4 is 23.4 Å². The fourth-order valence-corrected chi connectivity index (χ4v) is 4.77. The van der Waals surface area contributed by atoms with Crippen molar-refractivity contribution < 1.29 is 14.4 Å². The number of carbonyl (C=O) groups excluding carboxylic acids is 3. The van der Waals surface area contributed by atoms with E-state index in [0.29, 0.717) is 18.5 Å². The highest BCUT2D eigenvalue weighted by molar-refractivity contribution is 6.08. The van der Waals surface area contributed by atoms with Gasteiger partial charge in [-0.3, -0.25) is 19.3 Å². The summed E-state index contributed by atoms with van der Waals surface area (Å²) in [5.74, 6) is 0.387. The number of allylic oxidation sites excluding steroid dienone is 2. The van der Waals surface area contributed by atoms with Crippen molar-refractivity contribution in [3.63, 3.8) is 0 Å². The van der Waals surface area contributed by atoms with Crippen molar-refractivity contribution in [2.24, 2.45) is 11.8 Å². The van der Waals surface area contributed by atoms with Gasteiger partial charge in [-0.1, -0.05) is 18.6 Å². The summed E-state index contributed by atoms with van der Waals surface area (Å²) in [6.45, 7) is 0.676. The first-order valence-electron chi connectivity index (χ1n) is 10.9. The zero-order chi connectivity index (χ0) is 21.4. The minimum Gasteiger partial charge on any atom is -0.325 e. The maximum Gasteiger partial charge on any atom is 0.244 e. The number of aromatic nitrogens is 3. The van der Waals surface area contributed by atoms with Crippen molar-refractivity contribution in [3.05, 3.63) is 42.2 Å². The van der Waals surface area contributed by atoms with Gasteiger partial charge in [0.25, 0.3) is 0 Å². The second-order valence-electron chi connectivity index (χ2n) is 8.45. The molecule has 3 aliphatic rings. The van der Waals surface area contributed by atoms with Crippen LogP contribution in [0.2, 0.25) is 0 Å². The van der Waals surface area contributed by atoms with E-state index in [2.05, 4.69) is 20.1 Å². The maximum atomic E-state index is 12.5. The first kappa shape index (κ1) is 19.7. The molecule has 8 nitrogen and oxygen atoms in total. The van der Waals surface area contributed by atoms with E-state index in [1.165, 1.54) is 6.42 Å². The Kier molecular flexibility index (Phi) is 5.13. The fourth-order valence-electron chi connectivity index (χ4n) is 4.77. The fraction of sp³-hybridized carbons (Fsp3) is 0.435. The number of fused-ring (bicyclic) bond motifs is 2. The number of aryl methyl sites for hydroxylation is 1. The Morgan fingerprint density at radius 2 is 1.68 bits per heavy atom. The van der Waals surface area contributed by atoms with Gasteiger partial charge in [0.1, 0.15) is 12.4 Å². The van der Waals surface area contributed by atoms with Gasteiger partial charge < -0.3 is 9.88 Å². The zero-order valence-electron chi connectivity index (χ0n) is 17.3. The van der Waals surface area contributed by atoms with Gasteiger partial charge in [-0.2, -0.15) is 0 Å². The number of anilines is 1. The molecule has 1 aromatic carbocycles. The lowest BCUT2D eigenvalue weighted by atomic mass is 9.85. The summed E-state index contributed by atoms with van der Waals surface area (Å²) >= 11 is 0. The van der Waals surface area contributed by atoms with E-state index in [-0.39, 0.29) is 36.1 Å². The average Bonchev–Trinajstić information content (AvgIpc) is 3.18. The molecule has 0 spiro atoms. The SMILES string of the molecule is O=C(CN1C(=O)[C@H]2CC=CC[C@H]2C1=O)Nc1ccc(-c2nnc3n2CCCCC3)cc1. The molecule has 1 N–H and O–H groups in total. The standard InChI is InChI=1S/C23H25N5O3/c29-20(14-28-22(30)17-6-3-4-7-18(17)23(28)31)24-16-11-9-15(10-12-16)21-26-25-19-8-2-1-5-13-27(19)21/h3-4,9-12,17-18H,1-2,5-8,13-14H2,(H,24,29)/t17-,18+. The highest BCUT2D eigenvalue weighted by atomic mass is 16.2. The van der Waals surface area contributed by atoms with E-state index in [9.17, 15) is 14.4 Å². The van der Waals surface area contributed by atoms with Gasteiger partial charge >= 0.3 is 0 Å². The molecule has 2 aliphatic heterocycles. The Balaban J connectivity index is 1.24. The van der Waals surface area contributed by atoms with Crippen molar-refractivity contribution in [2.75, 3.05) is 11.9 Å². The highest BCUT2D eigenvalue weighted by Crippen LogP contribution is 2.35. The average molecular weight is 419 g/mol. The third-order valence-corrected chi connectivity index (χ3v) is 6.44. The van der Waals surface area contributed by atoms with Crippen molar-refractivity contribution in [1.82, 2.24) is 19.7 Å². The summed E-state index contributed by atoms with van der Waals surface area (Å²) in [7, 11) is 0. The third-order valence-electron chi connectivity index (χ3n) is 6.44. The van der Waals surface area contributed by atoms with E-state index < -0.39 is 0 Å². The summed E-state index contributed by atoms with van der Waals surface area (Å²) in [5.41, 5.74) is 1.56. The molecular weight excluding hydrogens is 394 g/mol. The predicted octanol–water partition coefficient (Wildman–Crippen LogP) is 2.56. The minimum absolute atomic E-state index is 0.239. The zero-order valence-corrected chi connectivity index (χ0v) is 17.3. The first-order chi connectivity index (χ1) is 15.1. The Labute approximate surface area is 180 Å². The number of imide groups is 1. The molecule has 1 fully saturated rings. The molecule has 1 aromatic heterocycles. The van der Waals surface area contributed by atoms with Crippen LogP contribution in [0.3, 0.4) is 0 Å². The van der Waals surface area contributed by atoms with Crippen LogP contribution in [-0.4, -0.2) is 43.9 Å². The number of benzene rings is 1. The molecule has 2 atom stereocenters. The predicted molar refractivity (Wildman–Crippen MR) is 114 cm³/mol. The monoisotopic (exact) mass is 419 g/mol. The highest BCUT2D eigenvalue weighted by Gasteiger charge is 2.47. The van der Waals surface area contributed by atoms with Crippen LogP contribution >= 0.6 is 0 Å². The number of nitrogens with one attached hydrogen (secondary N) is 1. The van der Waals surface area contributed by atoms with Crippen molar-refractivity contribution in [3.8, 4) is 11.4 Å². The van der Waals surface area contributed by atoms with E-state index in [1.54, 1.807) is 0 Å². The van der Waals surface area contributed by atoms with Crippen LogP contribution < -0.4 is 5.32 Å². The van der Waals surface area contributed by atoms with Crippen LogP contribution in [0.25, 0.3) is 11.4 Å². The summed E-state index contributed by atoms with van der Waals surface area (Å²) in [6.07, 6.45) is 9.43. The molecule has 1 saturated heterocycles. The number of likely N-dealkylation sites (tertiary alicyclic amines) is 1. The number of carbonyl (C=O) groups is 3. The Morgan fingerprint density at radius 1 is 0.968 bits per heavy atom. The molecule has 3 heterocycles. The number of rotatable bonds is 4. The van der Waals surface area contributed by atoms with Crippen LogP contribution in [0, 0.1) is 11.8 Å². The van der Waals surface area contributed by atoms with Crippen LogP contribution in [-0.2, 0) is 27.3 Å². The Hall–Kier alpha value is -3.29. The summed E-state index contributed by atoms with van der Waals surface area (Å²) < 4.78 is 2.18. The van der Waals surface area contributed by atoms with E-state index in [4.69, 9.17) is 0 Å². The second kappa shape index (κ2) is 8.09. The van der Waals surface area contributed by atoms with Gasteiger partial charge in [0.05, 0.1) is 11.8 Å². The molecule has 5 rings (SSSR count). The van der Waals surface area contributed by atoms with Gasteiger partial charge in [0.15, 0.2) is 5.82 Å². The molecule has 1 aliphatic carbocycles.